The molecule has 0 spiro atoms. The molecule has 1 aliphatic heterocycles. The molecule has 41 heavy (non-hydrogen) atoms. The minimum Gasteiger partial charge on any atom is -0.494 e. The Balaban J connectivity index is 1.51. The number of nitrogens with zero attached hydrogens (tertiary/aromatic N) is 4. The Morgan fingerprint density at radius 2 is 1.90 bits per heavy atom. The number of sulfonamides is 1. The van der Waals surface area contributed by atoms with Crippen molar-refractivity contribution in [1.29, 1.82) is 0 Å². The van der Waals surface area contributed by atoms with Gasteiger partial charge in [-0.2, -0.15) is 0 Å². The lowest BCUT2D eigenvalue weighted by Crippen LogP contribution is -2.37. The number of pyridine rings is 1. The number of fused-ring (bicyclic) bond motifs is 1. The van der Waals surface area contributed by atoms with Crippen molar-refractivity contribution in [3.05, 3.63) is 72.0 Å². The number of nitrogens with two attached hydrogens (primary N) is 1. The number of aromatic nitrogens is 3. The summed E-state index contributed by atoms with van der Waals surface area (Å²) in [5.74, 6) is 1.15. The Morgan fingerprint density at radius 3 is 2.61 bits per heavy atom. The molecule has 3 aromatic heterocycles. The predicted octanol–water partition coefficient (Wildman–Crippen LogP) is 4.79. The van der Waals surface area contributed by atoms with Gasteiger partial charge in [-0.05, 0) is 47.3 Å². The molecule has 10 nitrogen and oxygen atoms in total. The molecule has 6 rings (SSSR count). The quantitative estimate of drug-likeness (QED) is 0.274. The van der Waals surface area contributed by atoms with Crippen molar-refractivity contribution in [2.75, 3.05) is 48.8 Å². The minimum absolute atomic E-state index is 0.0917. The molecule has 1 fully saturated rings. The third-order valence-corrected chi connectivity index (χ3v) is 9.40. The highest BCUT2D eigenvalue weighted by Crippen LogP contribution is 2.39. The molecule has 210 valence electrons. The Hall–Kier alpha value is -4.33. The molecule has 1 aliphatic rings. The molecule has 0 atom stereocenters. The maximum Gasteiger partial charge on any atom is 0.271 e. The number of benzene rings is 2. The van der Waals surface area contributed by atoms with Crippen LogP contribution in [0, 0.1) is 5.82 Å². The lowest BCUT2D eigenvalue weighted by atomic mass is 10.0. The van der Waals surface area contributed by atoms with Gasteiger partial charge in [0, 0.05) is 35.8 Å². The monoisotopic (exact) mass is 592 g/mol. The van der Waals surface area contributed by atoms with Gasteiger partial charge in [-0.3, -0.25) is 4.72 Å². The van der Waals surface area contributed by atoms with E-state index in [2.05, 4.69) is 14.6 Å². The largest absolute Gasteiger partial charge is 0.494 e. The second-order valence-electron chi connectivity index (χ2n) is 9.22. The maximum absolute atomic E-state index is 15.9. The summed E-state index contributed by atoms with van der Waals surface area (Å²) >= 11 is 1.05. The van der Waals surface area contributed by atoms with Crippen LogP contribution in [-0.2, 0) is 14.8 Å². The second-order valence-corrected chi connectivity index (χ2v) is 12.1. The topological polar surface area (TPSA) is 133 Å². The van der Waals surface area contributed by atoms with E-state index in [4.69, 9.17) is 25.2 Å². The van der Waals surface area contributed by atoms with E-state index in [9.17, 15) is 8.42 Å². The van der Waals surface area contributed by atoms with Crippen molar-refractivity contribution in [3.63, 3.8) is 0 Å². The Labute approximate surface area is 239 Å². The van der Waals surface area contributed by atoms with Crippen LogP contribution in [0.4, 0.5) is 21.7 Å². The normalized spacial score (nSPS) is 13.9. The van der Waals surface area contributed by atoms with Gasteiger partial charge in [-0.15, -0.1) is 11.3 Å². The van der Waals surface area contributed by atoms with E-state index in [1.54, 1.807) is 54.0 Å². The van der Waals surface area contributed by atoms with Crippen LogP contribution in [0.15, 0.2) is 70.4 Å². The number of hydrogen-bond donors (Lipinski definition) is 2. The van der Waals surface area contributed by atoms with Crippen LogP contribution in [-0.4, -0.2) is 56.8 Å². The fraction of sp³-hybridized carbons (Fsp3) is 0.179. The van der Waals surface area contributed by atoms with Crippen LogP contribution in [0.1, 0.15) is 0 Å². The first-order chi connectivity index (χ1) is 19.8. The van der Waals surface area contributed by atoms with Crippen molar-refractivity contribution in [3.8, 4) is 28.3 Å². The summed E-state index contributed by atoms with van der Waals surface area (Å²) in [6, 6.07) is 14.6. The van der Waals surface area contributed by atoms with E-state index in [1.807, 2.05) is 0 Å². The highest BCUT2D eigenvalue weighted by molar-refractivity contribution is 7.94. The first kappa shape index (κ1) is 26.9. The number of thiophene rings is 1. The first-order valence-corrected chi connectivity index (χ1v) is 15.0. The Morgan fingerprint density at radius 1 is 1.07 bits per heavy atom. The fourth-order valence-corrected chi connectivity index (χ4v) is 6.68. The van der Waals surface area contributed by atoms with E-state index in [-0.39, 0.29) is 15.5 Å². The van der Waals surface area contributed by atoms with E-state index >= 15 is 4.39 Å². The van der Waals surface area contributed by atoms with Crippen LogP contribution in [0.5, 0.6) is 5.75 Å². The molecule has 0 bridgehead atoms. The molecule has 0 amide bonds. The van der Waals surface area contributed by atoms with Crippen molar-refractivity contribution in [2.24, 2.45) is 0 Å². The fourth-order valence-electron chi connectivity index (χ4n) is 4.62. The molecule has 0 aliphatic carbocycles. The van der Waals surface area contributed by atoms with Crippen molar-refractivity contribution >= 4 is 49.6 Å². The number of rotatable bonds is 7. The SMILES string of the molecule is COc1cc(-c2cccc(NS(=O)(=O)c3cccs3)c2F)cc2c(N3CCOCC3)nc(-c3ccc(N)nc3)nc12. The van der Waals surface area contributed by atoms with Crippen LogP contribution >= 0.6 is 11.3 Å². The summed E-state index contributed by atoms with van der Waals surface area (Å²) in [6.07, 6.45) is 1.61. The van der Waals surface area contributed by atoms with Crippen molar-refractivity contribution < 1.29 is 22.3 Å². The van der Waals surface area contributed by atoms with Crippen molar-refractivity contribution in [1.82, 2.24) is 15.0 Å². The third kappa shape index (κ3) is 5.26. The zero-order valence-corrected chi connectivity index (χ0v) is 23.5. The molecule has 1 saturated heterocycles. The summed E-state index contributed by atoms with van der Waals surface area (Å²) in [4.78, 5) is 16.0. The summed E-state index contributed by atoms with van der Waals surface area (Å²) in [5.41, 5.74) is 7.50. The maximum atomic E-state index is 15.9. The van der Waals surface area contributed by atoms with Gasteiger partial charge in [0.1, 0.15) is 27.1 Å². The minimum atomic E-state index is -3.94. The van der Waals surface area contributed by atoms with E-state index in [0.717, 1.165) is 11.3 Å². The van der Waals surface area contributed by atoms with Gasteiger partial charge in [0.05, 0.1) is 26.0 Å². The molecule has 0 unspecified atom stereocenters. The average Bonchev–Trinajstić information content (AvgIpc) is 3.54. The van der Waals surface area contributed by atoms with E-state index in [1.165, 1.54) is 19.2 Å². The van der Waals surface area contributed by atoms with Gasteiger partial charge in [0.2, 0.25) is 0 Å². The molecular formula is C28H25FN6O4S2. The van der Waals surface area contributed by atoms with Gasteiger partial charge in [-0.25, -0.2) is 27.8 Å². The molecule has 0 radical (unpaired) electrons. The molecule has 5 aromatic rings. The molecule has 4 heterocycles. The number of anilines is 3. The molecule has 2 aromatic carbocycles. The second kappa shape index (κ2) is 10.9. The highest BCUT2D eigenvalue weighted by atomic mass is 32.2. The number of nitrogens with one attached hydrogen (secondary N) is 1. The van der Waals surface area contributed by atoms with Gasteiger partial charge in [0.15, 0.2) is 11.6 Å². The smallest absolute Gasteiger partial charge is 0.271 e. The van der Waals surface area contributed by atoms with Crippen LogP contribution < -0.4 is 20.1 Å². The number of ether oxygens (including phenoxy) is 2. The molecule has 13 heteroatoms. The van der Waals surface area contributed by atoms with Gasteiger partial charge >= 0.3 is 0 Å². The van der Waals surface area contributed by atoms with Crippen molar-refractivity contribution in [2.45, 2.75) is 4.21 Å². The van der Waals surface area contributed by atoms with Crippen LogP contribution in [0.3, 0.4) is 0 Å². The molecule has 0 saturated carbocycles. The molecular weight excluding hydrogens is 567 g/mol. The van der Waals surface area contributed by atoms with Gasteiger partial charge in [-0.1, -0.05) is 18.2 Å². The van der Waals surface area contributed by atoms with E-state index < -0.39 is 15.8 Å². The standard InChI is InChI=1S/C28H25FN6O4S2/c1-38-22-15-18(19-4-2-5-21(25(19)29)34-41(36,37)24-6-3-13-40-24)14-20-26(22)32-27(17-7-8-23(30)31-16-17)33-28(20)35-9-11-39-12-10-35/h2-8,13-16,34H,9-12H2,1H3,(H2,30,31). The summed E-state index contributed by atoms with van der Waals surface area (Å²) in [7, 11) is -2.43. The summed E-state index contributed by atoms with van der Waals surface area (Å²) in [6.45, 7) is 2.27. The third-order valence-electron chi connectivity index (χ3n) is 6.63. The number of nitrogen functional groups attached to an aromatic ring is 1. The zero-order chi connectivity index (χ0) is 28.6. The van der Waals surface area contributed by atoms with E-state index in [0.29, 0.717) is 71.5 Å². The highest BCUT2D eigenvalue weighted by Gasteiger charge is 2.23. The molecule has 3 N–H and O–H groups in total. The number of morpholine rings is 1. The lowest BCUT2D eigenvalue weighted by molar-refractivity contribution is 0.122. The summed E-state index contributed by atoms with van der Waals surface area (Å²) < 4.78 is 55.2. The number of methoxy groups -OCH3 is 1. The summed E-state index contributed by atoms with van der Waals surface area (Å²) in [5, 5.41) is 2.30. The van der Waals surface area contributed by atoms with Gasteiger partial charge in [0.25, 0.3) is 10.0 Å². The average molecular weight is 593 g/mol. The predicted molar refractivity (Wildman–Crippen MR) is 157 cm³/mol. The van der Waals surface area contributed by atoms with Crippen LogP contribution in [0.25, 0.3) is 33.4 Å². The van der Waals surface area contributed by atoms with Gasteiger partial charge < -0.3 is 20.1 Å². The Bertz CT molecular complexity index is 1830. The lowest BCUT2D eigenvalue weighted by Gasteiger charge is -2.29. The first-order valence-electron chi connectivity index (χ1n) is 12.6. The zero-order valence-electron chi connectivity index (χ0n) is 21.9. The van der Waals surface area contributed by atoms with Crippen LogP contribution in [0.2, 0.25) is 0 Å². The Kier molecular flexibility index (Phi) is 7.15. The number of hydrogen-bond acceptors (Lipinski definition) is 10. The number of halogens is 1.